The number of benzene rings is 2. The van der Waals surface area contributed by atoms with E-state index in [0.717, 1.165) is 5.56 Å². The standard InChI is InChI=1S/C23H19FN4O2S/c24-19-9-3-1-7-17(19)13-26-21(29)15-31-23-27-20-10-4-2-8-18(20)22(30)28(23)14-16-6-5-11-25-12-16/h1-12H,13-15H2,(H,26,29). The quantitative estimate of drug-likeness (QED) is 0.356. The molecule has 0 bridgehead atoms. The van der Waals surface area contributed by atoms with Crippen LogP contribution in [-0.2, 0) is 17.9 Å². The molecule has 0 saturated heterocycles. The molecule has 0 saturated carbocycles. The third-order valence-corrected chi connectivity index (χ3v) is 5.63. The number of thioether (sulfide) groups is 1. The van der Waals surface area contributed by atoms with E-state index in [9.17, 15) is 14.0 Å². The van der Waals surface area contributed by atoms with Crippen molar-refractivity contribution >= 4 is 28.6 Å². The number of pyridine rings is 1. The molecule has 0 fully saturated rings. The van der Waals surface area contributed by atoms with Crippen molar-refractivity contribution in [3.8, 4) is 0 Å². The second kappa shape index (κ2) is 9.53. The molecule has 4 rings (SSSR count). The van der Waals surface area contributed by atoms with E-state index in [4.69, 9.17) is 0 Å². The van der Waals surface area contributed by atoms with E-state index in [2.05, 4.69) is 15.3 Å². The van der Waals surface area contributed by atoms with E-state index in [-0.39, 0.29) is 29.6 Å². The van der Waals surface area contributed by atoms with Crippen LogP contribution < -0.4 is 10.9 Å². The number of carbonyl (C=O) groups excluding carboxylic acids is 1. The van der Waals surface area contributed by atoms with Gasteiger partial charge in [-0.3, -0.25) is 19.1 Å². The van der Waals surface area contributed by atoms with Crippen LogP contribution in [0.4, 0.5) is 4.39 Å². The van der Waals surface area contributed by atoms with Gasteiger partial charge in [0.1, 0.15) is 5.82 Å². The number of carbonyl (C=O) groups is 1. The molecule has 0 aliphatic heterocycles. The topological polar surface area (TPSA) is 76.9 Å². The second-order valence-corrected chi connectivity index (χ2v) is 7.76. The number of hydrogen-bond donors (Lipinski definition) is 1. The van der Waals surface area contributed by atoms with E-state index in [1.807, 2.05) is 12.1 Å². The summed E-state index contributed by atoms with van der Waals surface area (Å²) in [6, 6.07) is 17.1. The van der Waals surface area contributed by atoms with Crippen LogP contribution in [0, 0.1) is 5.82 Å². The van der Waals surface area contributed by atoms with Gasteiger partial charge in [0.2, 0.25) is 5.91 Å². The van der Waals surface area contributed by atoms with Crippen molar-refractivity contribution in [3.05, 3.63) is 100 Å². The van der Waals surface area contributed by atoms with Crippen LogP contribution in [0.1, 0.15) is 11.1 Å². The summed E-state index contributed by atoms with van der Waals surface area (Å²) in [6.45, 7) is 0.392. The molecule has 1 N–H and O–H groups in total. The molecule has 2 heterocycles. The third-order valence-electron chi connectivity index (χ3n) is 4.66. The molecular formula is C23H19FN4O2S. The third kappa shape index (κ3) is 4.97. The smallest absolute Gasteiger partial charge is 0.262 e. The summed E-state index contributed by atoms with van der Waals surface area (Å²) >= 11 is 1.17. The predicted octanol–water partition coefficient (Wildman–Crippen LogP) is 3.39. The van der Waals surface area contributed by atoms with Crippen LogP contribution >= 0.6 is 11.8 Å². The average Bonchev–Trinajstić information content (AvgIpc) is 2.80. The fourth-order valence-electron chi connectivity index (χ4n) is 3.09. The lowest BCUT2D eigenvalue weighted by atomic mass is 10.2. The number of rotatable bonds is 7. The van der Waals surface area contributed by atoms with Gasteiger partial charge in [0.15, 0.2) is 5.16 Å². The van der Waals surface area contributed by atoms with Crippen molar-refractivity contribution in [1.29, 1.82) is 0 Å². The van der Waals surface area contributed by atoms with Gasteiger partial charge in [-0.25, -0.2) is 9.37 Å². The maximum atomic E-state index is 13.7. The van der Waals surface area contributed by atoms with E-state index in [0.29, 0.717) is 28.2 Å². The monoisotopic (exact) mass is 434 g/mol. The van der Waals surface area contributed by atoms with E-state index in [1.165, 1.54) is 17.8 Å². The molecule has 31 heavy (non-hydrogen) atoms. The van der Waals surface area contributed by atoms with E-state index >= 15 is 0 Å². The minimum Gasteiger partial charge on any atom is -0.351 e. The lowest BCUT2D eigenvalue weighted by Crippen LogP contribution is -2.27. The van der Waals surface area contributed by atoms with Crippen LogP contribution in [-0.4, -0.2) is 26.2 Å². The lowest BCUT2D eigenvalue weighted by molar-refractivity contribution is -0.118. The molecule has 4 aromatic rings. The number of aromatic nitrogens is 3. The summed E-state index contributed by atoms with van der Waals surface area (Å²) in [5.41, 5.74) is 1.67. The van der Waals surface area contributed by atoms with Crippen LogP contribution in [0.25, 0.3) is 10.9 Å². The Balaban J connectivity index is 1.54. The number of nitrogens with one attached hydrogen (secondary N) is 1. The number of fused-ring (bicyclic) bond motifs is 1. The Morgan fingerprint density at radius 1 is 1.06 bits per heavy atom. The highest BCUT2D eigenvalue weighted by atomic mass is 32.2. The van der Waals surface area contributed by atoms with Crippen molar-refractivity contribution in [3.63, 3.8) is 0 Å². The SMILES string of the molecule is O=C(CSc1nc2ccccc2c(=O)n1Cc1cccnc1)NCc1ccccc1F. The summed E-state index contributed by atoms with van der Waals surface area (Å²) in [5.74, 6) is -0.590. The van der Waals surface area contributed by atoms with Crippen LogP contribution in [0.2, 0.25) is 0 Å². The molecular weight excluding hydrogens is 415 g/mol. The number of hydrogen-bond acceptors (Lipinski definition) is 5. The number of nitrogens with zero attached hydrogens (tertiary/aromatic N) is 3. The van der Waals surface area contributed by atoms with Crippen LogP contribution in [0.3, 0.4) is 0 Å². The predicted molar refractivity (Wildman–Crippen MR) is 118 cm³/mol. The maximum Gasteiger partial charge on any atom is 0.262 e. The van der Waals surface area contributed by atoms with Crippen LogP contribution in [0.5, 0.6) is 0 Å². The first-order chi connectivity index (χ1) is 15.1. The zero-order chi connectivity index (χ0) is 21.6. The van der Waals surface area contributed by atoms with Gasteiger partial charge in [0.05, 0.1) is 23.2 Å². The van der Waals surface area contributed by atoms with Gasteiger partial charge in [-0.15, -0.1) is 0 Å². The molecule has 8 heteroatoms. The van der Waals surface area contributed by atoms with Gasteiger partial charge in [-0.1, -0.05) is 48.2 Å². The number of halogens is 1. The first-order valence-corrected chi connectivity index (χ1v) is 10.6. The molecule has 1 amide bonds. The van der Waals surface area contributed by atoms with Gasteiger partial charge >= 0.3 is 0 Å². The minimum atomic E-state index is -0.364. The molecule has 0 unspecified atom stereocenters. The number of para-hydroxylation sites is 1. The fourth-order valence-corrected chi connectivity index (χ4v) is 3.92. The van der Waals surface area contributed by atoms with Crippen molar-refractivity contribution < 1.29 is 9.18 Å². The summed E-state index contributed by atoms with van der Waals surface area (Å²) in [5, 5.41) is 3.66. The maximum absolute atomic E-state index is 13.7. The van der Waals surface area contributed by atoms with E-state index in [1.54, 1.807) is 59.4 Å². The molecule has 2 aromatic heterocycles. The molecule has 6 nitrogen and oxygen atoms in total. The first-order valence-electron chi connectivity index (χ1n) is 9.63. The highest BCUT2D eigenvalue weighted by Gasteiger charge is 2.14. The zero-order valence-electron chi connectivity index (χ0n) is 16.5. The Bertz CT molecular complexity index is 1280. The average molecular weight is 434 g/mol. The lowest BCUT2D eigenvalue weighted by Gasteiger charge is -2.13. The Hall–Kier alpha value is -3.52. The second-order valence-electron chi connectivity index (χ2n) is 6.82. The van der Waals surface area contributed by atoms with Gasteiger partial charge < -0.3 is 5.32 Å². The summed E-state index contributed by atoms with van der Waals surface area (Å²) in [7, 11) is 0. The Morgan fingerprint density at radius 3 is 2.68 bits per heavy atom. The van der Waals surface area contributed by atoms with Gasteiger partial charge in [0.25, 0.3) is 5.56 Å². The molecule has 0 atom stereocenters. The van der Waals surface area contributed by atoms with Crippen LogP contribution in [0.15, 0.2) is 83.0 Å². The molecule has 0 aliphatic carbocycles. The fraction of sp³-hybridized carbons (Fsp3) is 0.130. The normalized spacial score (nSPS) is 10.9. The summed E-state index contributed by atoms with van der Waals surface area (Å²) in [4.78, 5) is 34.1. The summed E-state index contributed by atoms with van der Waals surface area (Å²) in [6.07, 6.45) is 3.36. The molecule has 0 aliphatic rings. The highest BCUT2D eigenvalue weighted by Crippen LogP contribution is 2.19. The highest BCUT2D eigenvalue weighted by molar-refractivity contribution is 7.99. The van der Waals surface area contributed by atoms with Gasteiger partial charge in [-0.05, 0) is 29.8 Å². The van der Waals surface area contributed by atoms with Gasteiger partial charge in [-0.2, -0.15) is 0 Å². The molecule has 2 aromatic carbocycles. The Labute approximate surface area is 182 Å². The molecule has 0 radical (unpaired) electrons. The largest absolute Gasteiger partial charge is 0.351 e. The van der Waals surface area contributed by atoms with Gasteiger partial charge in [0, 0.05) is 24.5 Å². The van der Waals surface area contributed by atoms with Crippen molar-refractivity contribution in [1.82, 2.24) is 19.9 Å². The van der Waals surface area contributed by atoms with Crippen molar-refractivity contribution in [2.45, 2.75) is 18.2 Å². The summed E-state index contributed by atoms with van der Waals surface area (Å²) < 4.78 is 15.3. The Kier molecular flexibility index (Phi) is 6.37. The zero-order valence-corrected chi connectivity index (χ0v) is 17.3. The van der Waals surface area contributed by atoms with Crippen molar-refractivity contribution in [2.24, 2.45) is 0 Å². The first kappa shape index (κ1) is 20.7. The van der Waals surface area contributed by atoms with Crippen molar-refractivity contribution in [2.75, 3.05) is 5.75 Å². The number of amides is 1. The van der Waals surface area contributed by atoms with E-state index < -0.39 is 0 Å². The minimum absolute atomic E-state index is 0.0479. The molecule has 156 valence electrons. The Morgan fingerprint density at radius 2 is 1.87 bits per heavy atom. The molecule has 0 spiro atoms.